The van der Waals surface area contributed by atoms with Crippen molar-refractivity contribution in [2.45, 2.75) is 63.1 Å². The normalized spacial score (nSPS) is 43.7. The zero-order chi connectivity index (χ0) is 12.8. The van der Waals surface area contributed by atoms with E-state index in [4.69, 9.17) is 5.73 Å². The molecule has 1 saturated heterocycles. The van der Waals surface area contributed by atoms with Gasteiger partial charge in [-0.05, 0) is 51.0 Å². The number of rotatable bonds is 4. The van der Waals surface area contributed by atoms with Gasteiger partial charge in [-0.25, -0.2) is 0 Å². The predicted molar refractivity (Wildman–Crippen MR) is 71.1 cm³/mol. The average Bonchev–Trinajstić information content (AvgIpc) is 3.03. The van der Waals surface area contributed by atoms with Crippen LogP contribution in [0.5, 0.6) is 0 Å². The molecule has 3 aliphatic rings. The molecule has 1 heterocycles. The third kappa shape index (κ3) is 1.86. The van der Waals surface area contributed by atoms with E-state index in [1.807, 2.05) is 0 Å². The highest BCUT2D eigenvalue weighted by Gasteiger charge is 2.49. The molecule has 3 fully saturated rings. The second kappa shape index (κ2) is 4.49. The van der Waals surface area contributed by atoms with E-state index in [2.05, 4.69) is 17.1 Å². The summed E-state index contributed by atoms with van der Waals surface area (Å²) in [5, 5.41) is 3.35. The minimum Gasteiger partial charge on any atom is -0.368 e. The number of likely N-dealkylation sites (N-methyl/N-ethyl adjacent to an activating group) is 1. The maximum Gasteiger partial charge on any atom is 0.237 e. The Morgan fingerprint density at radius 2 is 2.22 bits per heavy atom. The Morgan fingerprint density at radius 3 is 2.78 bits per heavy atom. The Kier molecular flexibility index (Phi) is 3.10. The molecule has 0 radical (unpaired) electrons. The summed E-state index contributed by atoms with van der Waals surface area (Å²) in [5.41, 5.74) is 5.21. The number of hydrogen-bond acceptors (Lipinski definition) is 3. The van der Waals surface area contributed by atoms with E-state index < -0.39 is 5.54 Å². The Balaban J connectivity index is 1.68. The van der Waals surface area contributed by atoms with Gasteiger partial charge in [0, 0.05) is 18.6 Å². The summed E-state index contributed by atoms with van der Waals surface area (Å²) in [5.74, 6) is 0.772. The van der Waals surface area contributed by atoms with E-state index in [1.54, 1.807) is 0 Å². The second-order valence-corrected chi connectivity index (χ2v) is 6.40. The van der Waals surface area contributed by atoms with Gasteiger partial charge >= 0.3 is 0 Å². The van der Waals surface area contributed by atoms with Gasteiger partial charge in [0.2, 0.25) is 5.91 Å². The third-order valence-electron chi connectivity index (χ3n) is 5.40. The smallest absolute Gasteiger partial charge is 0.237 e. The first-order chi connectivity index (χ1) is 8.64. The van der Waals surface area contributed by atoms with Crippen LogP contribution in [-0.2, 0) is 4.79 Å². The van der Waals surface area contributed by atoms with Crippen LogP contribution in [0.4, 0.5) is 0 Å². The van der Waals surface area contributed by atoms with Crippen LogP contribution in [0.2, 0.25) is 0 Å². The maximum absolute atomic E-state index is 11.8. The van der Waals surface area contributed by atoms with Crippen LogP contribution in [0.3, 0.4) is 0 Å². The summed E-state index contributed by atoms with van der Waals surface area (Å²) in [6.45, 7) is 4.13. The first-order valence-corrected chi connectivity index (χ1v) is 7.45. The number of nitrogens with two attached hydrogens (primary N) is 1. The van der Waals surface area contributed by atoms with Gasteiger partial charge in [-0.2, -0.15) is 0 Å². The second-order valence-electron chi connectivity index (χ2n) is 6.40. The van der Waals surface area contributed by atoms with E-state index in [0.717, 1.165) is 37.8 Å². The molecule has 102 valence electrons. The number of fused-ring (bicyclic) bond motifs is 2. The molecule has 2 saturated carbocycles. The average molecular weight is 251 g/mol. The van der Waals surface area contributed by atoms with Crippen molar-refractivity contribution in [1.82, 2.24) is 10.2 Å². The first-order valence-electron chi connectivity index (χ1n) is 7.45. The topological polar surface area (TPSA) is 58.4 Å². The number of piperidine rings is 1. The Bertz CT molecular complexity index is 346. The fourth-order valence-corrected chi connectivity index (χ4v) is 4.52. The summed E-state index contributed by atoms with van der Waals surface area (Å²) in [7, 11) is 0. The standard InChI is InChI=1S/C14H25N3O/c1-2-16-14(13(15)18)6-5-12(8-14)17-9-10-3-4-11(17)7-10/h10-12,16H,2-9H2,1H3,(H2,15,18). The summed E-state index contributed by atoms with van der Waals surface area (Å²) in [6.07, 6.45) is 7.13. The molecule has 1 amide bonds. The maximum atomic E-state index is 11.8. The zero-order valence-electron chi connectivity index (χ0n) is 11.3. The van der Waals surface area contributed by atoms with Crippen molar-refractivity contribution in [3.05, 3.63) is 0 Å². The molecule has 4 nitrogen and oxygen atoms in total. The molecule has 2 aliphatic carbocycles. The highest BCUT2D eigenvalue weighted by atomic mass is 16.1. The van der Waals surface area contributed by atoms with E-state index in [1.165, 1.54) is 25.8 Å². The van der Waals surface area contributed by atoms with Gasteiger partial charge in [-0.3, -0.25) is 9.69 Å². The SMILES string of the molecule is CCNC1(C(N)=O)CCC(N2CC3CCC2C3)C1. The van der Waals surface area contributed by atoms with Crippen LogP contribution in [0, 0.1) is 5.92 Å². The van der Waals surface area contributed by atoms with Crippen molar-refractivity contribution >= 4 is 5.91 Å². The number of carbonyl (C=O) groups is 1. The molecule has 3 N–H and O–H groups in total. The van der Waals surface area contributed by atoms with Crippen LogP contribution in [0.1, 0.15) is 45.4 Å². The molecule has 0 spiro atoms. The molecule has 0 aromatic heterocycles. The lowest BCUT2D eigenvalue weighted by Gasteiger charge is -2.34. The van der Waals surface area contributed by atoms with Crippen LogP contribution in [0.25, 0.3) is 0 Å². The molecule has 0 aromatic carbocycles. The zero-order valence-corrected chi connectivity index (χ0v) is 11.3. The van der Waals surface area contributed by atoms with Gasteiger partial charge in [-0.1, -0.05) is 6.92 Å². The number of carbonyl (C=O) groups excluding carboxylic acids is 1. The highest BCUT2D eigenvalue weighted by Crippen LogP contribution is 2.43. The van der Waals surface area contributed by atoms with Crippen molar-refractivity contribution in [2.75, 3.05) is 13.1 Å². The summed E-state index contributed by atoms with van der Waals surface area (Å²) in [6, 6.07) is 1.37. The van der Waals surface area contributed by atoms with E-state index in [9.17, 15) is 4.79 Å². The van der Waals surface area contributed by atoms with Crippen LogP contribution < -0.4 is 11.1 Å². The molecular weight excluding hydrogens is 226 g/mol. The quantitative estimate of drug-likeness (QED) is 0.779. The molecule has 2 bridgehead atoms. The van der Waals surface area contributed by atoms with Gasteiger partial charge in [0.15, 0.2) is 0 Å². The van der Waals surface area contributed by atoms with E-state index in [0.29, 0.717) is 6.04 Å². The predicted octanol–water partition coefficient (Wildman–Crippen LogP) is 0.857. The number of amides is 1. The lowest BCUT2D eigenvalue weighted by molar-refractivity contribution is -0.124. The van der Waals surface area contributed by atoms with Gasteiger partial charge in [0.1, 0.15) is 0 Å². The van der Waals surface area contributed by atoms with Gasteiger partial charge in [-0.15, -0.1) is 0 Å². The van der Waals surface area contributed by atoms with E-state index in [-0.39, 0.29) is 5.91 Å². The summed E-state index contributed by atoms with van der Waals surface area (Å²) in [4.78, 5) is 14.5. The van der Waals surface area contributed by atoms with Gasteiger partial charge in [0.25, 0.3) is 0 Å². The number of hydrogen-bond donors (Lipinski definition) is 2. The van der Waals surface area contributed by atoms with Crippen LogP contribution in [-0.4, -0.2) is 41.5 Å². The molecule has 0 aromatic rings. The number of nitrogens with one attached hydrogen (secondary N) is 1. The van der Waals surface area contributed by atoms with E-state index >= 15 is 0 Å². The molecular formula is C14H25N3O. The molecule has 4 heteroatoms. The Morgan fingerprint density at radius 1 is 1.39 bits per heavy atom. The number of nitrogens with zero attached hydrogens (tertiary/aromatic N) is 1. The third-order valence-corrected chi connectivity index (χ3v) is 5.40. The van der Waals surface area contributed by atoms with Crippen molar-refractivity contribution in [3.63, 3.8) is 0 Å². The molecule has 4 unspecified atom stereocenters. The minimum absolute atomic E-state index is 0.156. The lowest BCUT2D eigenvalue weighted by Crippen LogP contribution is -2.54. The fraction of sp³-hybridized carbons (Fsp3) is 0.929. The minimum atomic E-state index is -0.429. The molecule has 3 rings (SSSR count). The van der Waals surface area contributed by atoms with Crippen molar-refractivity contribution in [2.24, 2.45) is 11.7 Å². The van der Waals surface area contributed by atoms with Crippen LogP contribution >= 0.6 is 0 Å². The van der Waals surface area contributed by atoms with Crippen molar-refractivity contribution < 1.29 is 4.79 Å². The van der Waals surface area contributed by atoms with Gasteiger partial charge < -0.3 is 11.1 Å². The number of primary amides is 1. The molecule has 4 atom stereocenters. The van der Waals surface area contributed by atoms with Gasteiger partial charge in [0.05, 0.1) is 5.54 Å². The number of likely N-dealkylation sites (tertiary alicyclic amines) is 1. The summed E-state index contributed by atoms with van der Waals surface area (Å²) < 4.78 is 0. The monoisotopic (exact) mass is 251 g/mol. The Hall–Kier alpha value is -0.610. The first kappa shape index (κ1) is 12.4. The fourth-order valence-electron chi connectivity index (χ4n) is 4.52. The molecule has 18 heavy (non-hydrogen) atoms. The molecule has 1 aliphatic heterocycles. The van der Waals surface area contributed by atoms with Crippen molar-refractivity contribution in [3.8, 4) is 0 Å². The largest absolute Gasteiger partial charge is 0.368 e. The Labute approximate surface area is 109 Å². The van der Waals surface area contributed by atoms with Crippen LogP contribution in [0.15, 0.2) is 0 Å². The van der Waals surface area contributed by atoms with Crippen molar-refractivity contribution in [1.29, 1.82) is 0 Å². The summed E-state index contributed by atoms with van der Waals surface area (Å²) >= 11 is 0. The highest BCUT2D eigenvalue weighted by molar-refractivity contribution is 5.85. The lowest BCUT2D eigenvalue weighted by atomic mass is 9.96.